The van der Waals surface area contributed by atoms with Gasteiger partial charge in [0.1, 0.15) is 12.4 Å². The molecule has 0 bridgehead atoms. The number of carbonyl (C=O) groups is 1. The first-order valence-electron chi connectivity index (χ1n) is 10.2. The second-order valence-electron chi connectivity index (χ2n) is 7.31. The van der Waals surface area contributed by atoms with Crippen molar-refractivity contribution in [1.82, 2.24) is 15.1 Å². The number of hydrogen-bond donors (Lipinski definition) is 1. The Morgan fingerprint density at radius 1 is 1.20 bits per heavy atom. The quantitative estimate of drug-likeness (QED) is 0.516. The van der Waals surface area contributed by atoms with Crippen LogP contribution in [-0.4, -0.2) is 55.5 Å². The summed E-state index contributed by atoms with van der Waals surface area (Å²) in [6.45, 7) is 3.38. The molecule has 1 amide bonds. The average Bonchev–Trinajstić information content (AvgIpc) is 3.15. The summed E-state index contributed by atoms with van der Waals surface area (Å²) in [4.78, 5) is 20.3. The molecular weight excluding hydrogens is 400 g/mol. The molecule has 0 aliphatic carbocycles. The molecule has 30 heavy (non-hydrogen) atoms. The van der Waals surface area contributed by atoms with Gasteiger partial charge >= 0.3 is 0 Å². The number of halogens is 1. The van der Waals surface area contributed by atoms with E-state index in [9.17, 15) is 4.79 Å². The number of aliphatic imine (C=N–C) groups is 1. The van der Waals surface area contributed by atoms with E-state index in [1.807, 2.05) is 53.2 Å². The maximum Gasteiger partial charge on any atom is 0.222 e. The first kappa shape index (κ1) is 22.0. The van der Waals surface area contributed by atoms with Gasteiger partial charge in [-0.25, -0.2) is 0 Å². The van der Waals surface area contributed by atoms with Crippen molar-refractivity contribution >= 4 is 23.5 Å². The van der Waals surface area contributed by atoms with Gasteiger partial charge in [0.15, 0.2) is 5.96 Å². The molecule has 0 spiro atoms. The van der Waals surface area contributed by atoms with Crippen LogP contribution in [0.2, 0.25) is 5.02 Å². The summed E-state index contributed by atoms with van der Waals surface area (Å²) < 4.78 is 5.77. The Morgan fingerprint density at radius 3 is 2.60 bits per heavy atom. The maximum absolute atomic E-state index is 12.0. The number of amides is 1. The number of ether oxygens (including phenoxy) is 1. The minimum atomic E-state index is 0.244. The van der Waals surface area contributed by atoms with Crippen molar-refractivity contribution in [3.8, 4) is 5.75 Å². The number of likely N-dealkylation sites (N-methyl/N-ethyl adjacent to an activating group) is 1. The fraction of sp³-hybridized carbons (Fsp3) is 0.391. The molecule has 2 aromatic carbocycles. The van der Waals surface area contributed by atoms with Crippen LogP contribution >= 0.6 is 11.6 Å². The third-order valence-electron chi connectivity index (χ3n) is 5.17. The molecule has 0 unspecified atom stereocenters. The molecule has 1 N–H and O–H groups in total. The predicted molar refractivity (Wildman–Crippen MR) is 121 cm³/mol. The molecule has 160 valence electrons. The molecule has 1 saturated heterocycles. The Bertz CT molecular complexity index is 870. The van der Waals surface area contributed by atoms with Crippen molar-refractivity contribution in [2.75, 3.05) is 33.8 Å². The summed E-state index contributed by atoms with van der Waals surface area (Å²) in [7, 11) is 3.75. The molecule has 0 aromatic heterocycles. The Balaban J connectivity index is 1.51. The van der Waals surface area contributed by atoms with Crippen LogP contribution in [0.4, 0.5) is 0 Å². The predicted octanol–water partition coefficient (Wildman–Crippen LogP) is 3.55. The molecule has 7 heteroatoms. The van der Waals surface area contributed by atoms with E-state index in [1.165, 1.54) is 11.1 Å². The van der Waals surface area contributed by atoms with Crippen LogP contribution in [0, 0.1) is 0 Å². The van der Waals surface area contributed by atoms with E-state index < -0.39 is 0 Å². The summed E-state index contributed by atoms with van der Waals surface area (Å²) in [6, 6.07) is 15.6. The highest BCUT2D eigenvalue weighted by Gasteiger charge is 2.21. The Kier molecular flexibility index (Phi) is 7.97. The molecule has 0 atom stereocenters. The standard InChI is InChI=1S/C23H29ClN4O2/c1-25-23(27(2)14-15-30-21-11-9-20(24)10-12-21)26-16-18-6-3-4-7-19(18)17-28-13-5-8-22(28)29/h3-4,6-7,9-12H,5,8,13-17H2,1-2H3,(H,25,26). The van der Waals surface area contributed by atoms with Gasteiger partial charge in [0, 0.05) is 45.2 Å². The zero-order valence-corrected chi connectivity index (χ0v) is 18.4. The Hall–Kier alpha value is -2.73. The fourth-order valence-corrected chi connectivity index (χ4v) is 3.58. The van der Waals surface area contributed by atoms with Gasteiger partial charge in [-0.15, -0.1) is 0 Å². The van der Waals surface area contributed by atoms with Crippen molar-refractivity contribution < 1.29 is 9.53 Å². The molecule has 1 heterocycles. The Labute approximate surface area is 183 Å². The lowest BCUT2D eigenvalue weighted by atomic mass is 10.1. The summed E-state index contributed by atoms with van der Waals surface area (Å²) in [5, 5.41) is 4.11. The van der Waals surface area contributed by atoms with Crippen molar-refractivity contribution in [1.29, 1.82) is 0 Å². The smallest absolute Gasteiger partial charge is 0.222 e. The highest BCUT2D eigenvalue weighted by atomic mass is 35.5. The van der Waals surface area contributed by atoms with Gasteiger partial charge in [-0.3, -0.25) is 9.79 Å². The second-order valence-corrected chi connectivity index (χ2v) is 7.75. The zero-order chi connectivity index (χ0) is 21.3. The van der Waals surface area contributed by atoms with E-state index in [1.54, 1.807) is 7.05 Å². The average molecular weight is 429 g/mol. The number of hydrogen-bond acceptors (Lipinski definition) is 3. The first-order chi connectivity index (χ1) is 14.6. The molecule has 1 aliphatic rings. The van der Waals surface area contributed by atoms with Crippen LogP contribution in [0.15, 0.2) is 53.5 Å². The lowest BCUT2D eigenvalue weighted by molar-refractivity contribution is -0.128. The lowest BCUT2D eigenvalue weighted by Gasteiger charge is -2.23. The molecule has 3 rings (SSSR count). The monoisotopic (exact) mass is 428 g/mol. The van der Waals surface area contributed by atoms with Gasteiger partial charge in [-0.05, 0) is 41.8 Å². The second kappa shape index (κ2) is 10.9. The first-order valence-corrected chi connectivity index (χ1v) is 10.6. The van der Waals surface area contributed by atoms with Gasteiger partial charge in [-0.1, -0.05) is 35.9 Å². The van der Waals surface area contributed by atoms with Crippen molar-refractivity contribution in [3.05, 3.63) is 64.7 Å². The van der Waals surface area contributed by atoms with E-state index in [0.717, 1.165) is 24.7 Å². The number of nitrogens with zero attached hydrogens (tertiary/aromatic N) is 3. The zero-order valence-electron chi connectivity index (χ0n) is 17.6. The number of rotatable bonds is 8. The van der Waals surface area contributed by atoms with E-state index >= 15 is 0 Å². The number of benzene rings is 2. The number of likely N-dealkylation sites (tertiary alicyclic amines) is 1. The molecule has 1 fully saturated rings. The van der Waals surface area contributed by atoms with Crippen LogP contribution in [0.5, 0.6) is 5.75 Å². The summed E-state index contributed by atoms with van der Waals surface area (Å²) in [6.07, 6.45) is 1.62. The van der Waals surface area contributed by atoms with Gasteiger partial charge < -0.3 is 19.9 Å². The van der Waals surface area contributed by atoms with Crippen LogP contribution in [0.25, 0.3) is 0 Å². The third kappa shape index (κ3) is 6.13. The van der Waals surface area contributed by atoms with Gasteiger partial charge in [0.25, 0.3) is 0 Å². The molecule has 0 radical (unpaired) electrons. The summed E-state index contributed by atoms with van der Waals surface area (Å²) >= 11 is 5.90. The van der Waals surface area contributed by atoms with Crippen LogP contribution in [0.3, 0.4) is 0 Å². The number of carbonyl (C=O) groups excluding carboxylic acids is 1. The van der Waals surface area contributed by atoms with Crippen LogP contribution in [-0.2, 0) is 17.9 Å². The van der Waals surface area contributed by atoms with Gasteiger partial charge in [-0.2, -0.15) is 0 Å². The fourth-order valence-electron chi connectivity index (χ4n) is 3.46. The molecular formula is C23H29ClN4O2. The maximum atomic E-state index is 12.0. The molecule has 0 saturated carbocycles. The van der Waals surface area contributed by atoms with Gasteiger partial charge in [0.05, 0.1) is 6.54 Å². The number of guanidine groups is 1. The van der Waals surface area contributed by atoms with Crippen molar-refractivity contribution in [2.45, 2.75) is 25.9 Å². The van der Waals surface area contributed by atoms with E-state index in [4.69, 9.17) is 16.3 Å². The summed E-state index contributed by atoms with van der Waals surface area (Å²) in [5.74, 6) is 1.83. The van der Waals surface area contributed by atoms with E-state index in [2.05, 4.69) is 22.4 Å². The topological polar surface area (TPSA) is 57.2 Å². The van der Waals surface area contributed by atoms with E-state index in [-0.39, 0.29) is 5.91 Å². The lowest BCUT2D eigenvalue weighted by Crippen LogP contribution is -2.40. The van der Waals surface area contributed by atoms with Gasteiger partial charge in [0.2, 0.25) is 5.91 Å². The molecule has 2 aromatic rings. The largest absolute Gasteiger partial charge is 0.492 e. The van der Waals surface area contributed by atoms with Crippen molar-refractivity contribution in [3.63, 3.8) is 0 Å². The van der Waals surface area contributed by atoms with Crippen LogP contribution in [0.1, 0.15) is 24.0 Å². The molecule has 1 aliphatic heterocycles. The summed E-state index contributed by atoms with van der Waals surface area (Å²) in [5.41, 5.74) is 2.34. The minimum Gasteiger partial charge on any atom is -0.492 e. The van der Waals surface area contributed by atoms with Crippen LogP contribution < -0.4 is 10.1 Å². The SMILES string of the molecule is CN=C(NCc1ccccc1CN1CCCC1=O)N(C)CCOc1ccc(Cl)cc1. The highest BCUT2D eigenvalue weighted by Crippen LogP contribution is 2.17. The highest BCUT2D eigenvalue weighted by molar-refractivity contribution is 6.30. The van der Waals surface area contributed by atoms with E-state index in [0.29, 0.717) is 37.7 Å². The minimum absolute atomic E-state index is 0.244. The normalized spacial score (nSPS) is 14.2. The van der Waals surface area contributed by atoms with Crippen molar-refractivity contribution in [2.24, 2.45) is 4.99 Å². The molecule has 6 nitrogen and oxygen atoms in total. The number of nitrogens with one attached hydrogen (secondary N) is 1. The third-order valence-corrected chi connectivity index (χ3v) is 5.42. The Morgan fingerprint density at radius 2 is 1.93 bits per heavy atom.